The van der Waals surface area contributed by atoms with Crippen LogP contribution in [0.5, 0.6) is 6.01 Å². The molecule has 30 heavy (non-hydrogen) atoms. The zero-order valence-corrected chi connectivity index (χ0v) is 17.2. The minimum Gasteiger partial charge on any atom is -0.463 e. The van der Waals surface area contributed by atoms with Gasteiger partial charge >= 0.3 is 6.01 Å². The van der Waals surface area contributed by atoms with Crippen LogP contribution in [-0.4, -0.2) is 59.3 Å². The Kier molecular flexibility index (Phi) is 8.10. The molecule has 1 saturated heterocycles. The van der Waals surface area contributed by atoms with E-state index in [9.17, 15) is 14.3 Å². The molecule has 2 aromatic rings. The predicted octanol–water partition coefficient (Wildman–Crippen LogP) is 2.82. The molecule has 8 heteroatoms. The number of benzene rings is 1. The van der Waals surface area contributed by atoms with E-state index >= 15 is 0 Å². The highest BCUT2D eigenvalue weighted by atomic mass is 19.1. The third kappa shape index (κ3) is 5.73. The first-order valence-corrected chi connectivity index (χ1v) is 10.2. The maximum atomic E-state index is 14.3. The van der Waals surface area contributed by atoms with Gasteiger partial charge in [0, 0.05) is 62.3 Å². The molecule has 0 unspecified atom stereocenters. The van der Waals surface area contributed by atoms with Gasteiger partial charge in [-0.25, -0.2) is 14.4 Å². The molecule has 3 rings (SSSR count). The standard InChI is InChI=1S/C22H28FN3O4/c1-29-11-3-6-20(28)26-9-7-16(8-10-26)15-30-22-24-12-18(13-25-22)19-5-2-4-17(14-27)21(19)23/h2,4-5,12-13,16,27H,3,6-11,14-15H2,1H3. The van der Waals surface area contributed by atoms with Gasteiger partial charge in [0.05, 0.1) is 13.2 Å². The number of methoxy groups -OCH3 is 1. The van der Waals surface area contributed by atoms with E-state index in [1.807, 2.05) is 4.90 Å². The fraction of sp³-hybridized carbons (Fsp3) is 0.500. The highest BCUT2D eigenvalue weighted by Gasteiger charge is 2.23. The molecule has 2 heterocycles. The summed E-state index contributed by atoms with van der Waals surface area (Å²) in [6.07, 6.45) is 6.07. The second-order valence-corrected chi connectivity index (χ2v) is 7.42. The number of hydrogen-bond acceptors (Lipinski definition) is 6. The Balaban J connectivity index is 1.47. The van der Waals surface area contributed by atoms with Crippen LogP contribution in [0.4, 0.5) is 4.39 Å². The Bertz CT molecular complexity index is 824. The second-order valence-electron chi connectivity index (χ2n) is 7.42. The highest BCUT2D eigenvalue weighted by molar-refractivity contribution is 5.76. The van der Waals surface area contributed by atoms with E-state index in [1.165, 1.54) is 18.5 Å². The lowest BCUT2D eigenvalue weighted by Crippen LogP contribution is -2.39. The van der Waals surface area contributed by atoms with Crippen LogP contribution >= 0.6 is 0 Å². The van der Waals surface area contributed by atoms with Crippen LogP contribution in [0.25, 0.3) is 11.1 Å². The summed E-state index contributed by atoms with van der Waals surface area (Å²) in [5, 5.41) is 9.20. The summed E-state index contributed by atoms with van der Waals surface area (Å²) in [6, 6.07) is 5.09. The first-order valence-electron chi connectivity index (χ1n) is 10.2. The van der Waals surface area contributed by atoms with Crippen LogP contribution in [0.3, 0.4) is 0 Å². The number of piperidine rings is 1. The molecule has 7 nitrogen and oxygen atoms in total. The van der Waals surface area contributed by atoms with Crippen LogP contribution < -0.4 is 4.74 Å². The van der Waals surface area contributed by atoms with Crippen molar-refractivity contribution in [3.8, 4) is 17.1 Å². The average molecular weight is 417 g/mol. The van der Waals surface area contributed by atoms with Gasteiger partial charge < -0.3 is 19.5 Å². The quantitative estimate of drug-likeness (QED) is 0.632. The number of carbonyl (C=O) groups excluding carboxylic acids is 1. The van der Waals surface area contributed by atoms with E-state index in [-0.39, 0.29) is 24.1 Å². The van der Waals surface area contributed by atoms with Crippen molar-refractivity contribution in [1.82, 2.24) is 14.9 Å². The SMILES string of the molecule is COCCCC(=O)N1CCC(COc2ncc(-c3cccc(CO)c3F)cn2)CC1. The van der Waals surface area contributed by atoms with Crippen molar-refractivity contribution in [2.75, 3.05) is 33.4 Å². The van der Waals surface area contributed by atoms with E-state index in [0.717, 1.165) is 32.4 Å². The molecule has 1 N–H and O–H groups in total. The van der Waals surface area contributed by atoms with Crippen molar-refractivity contribution in [2.24, 2.45) is 5.92 Å². The monoisotopic (exact) mass is 417 g/mol. The summed E-state index contributed by atoms with van der Waals surface area (Å²) in [5.41, 5.74) is 1.10. The van der Waals surface area contributed by atoms with Gasteiger partial charge in [0.15, 0.2) is 0 Å². The minimum atomic E-state index is -0.471. The summed E-state index contributed by atoms with van der Waals surface area (Å²) in [7, 11) is 1.64. The number of ether oxygens (including phenoxy) is 2. The molecule has 1 aliphatic rings. The van der Waals surface area contributed by atoms with Gasteiger partial charge in [-0.2, -0.15) is 0 Å². The lowest BCUT2D eigenvalue weighted by molar-refractivity contribution is -0.133. The zero-order chi connectivity index (χ0) is 21.3. The van der Waals surface area contributed by atoms with Crippen LogP contribution in [-0.2, 0) is 16.1 Å². The molecule has 0 aliphatic carbocycles. The van der Waals surface area contributed by atoms with Gasteiger partial charge in [0.1, 0.15) is 5.82 Å². The van der Waals surface area contributed by atoms with Gasteiger partial charge in [0.25, 0.3) is 0 Å². The number of aromatic nitrogens is 2. The van der Waals surface area contributed by atoms with Crippen molar-refractivity contribution in [3.63, 3.8) is 0 Å². The number of carbonyl (C=O) groups is 1. The Morgan fingerprint density at radius 3 is 2.67 bits per heavy atom. The first-order chi connectivity index (χ1) is 14.6. The Morgan fingerprint density at radius 1 is 1.27 bits per heavy atom. The smallest absolute Gasteiger partial charge is 0.316 e. The minimum absolute atomic E-state index is 0.183. The molecule has 0 bridgehead atoms. The number of hydrogen-bond donors (Lipinski definition) is 1. The van der Waals surface area contributed by atoms with Gasteiger partial charge in [0.2, 0.25) is 5.91 Å². The number of aliphatic hydroxyl groups is 1. The van der Waals surface area contributed by atoms with Gasteiger partial charge in [-0.05, 0) is 25.2 Å². The molecule has 1 aromatic carbocycles. The van der Waals surface area contributed by atoms with E-state index in [0.29, 0.717) is 36.7 Å². The van der Waals surface area contributed by atoms with Crippen LogP contribution in [0.15, 0.2) is 30.6 Å². The van der Waals surface area contributed by atoms with Gasteiger partial charge in [-0.3, -0.25) is 4.79 Å². The summed E-state index contributed by atoms with van der Waals surface area (Å²) in [5.74, 6) is 0.0543. The molecule has 0 saturated carbocycles. The number of aliphatic hydroxyl groups excluding tert-OH is 1. The van der Waals surface area contributed by atoms with Crippen molar-refractivity contribution < 1.29 is 23.8 Å². The van der Waals surface area contributed by atoms with E-state index < -0.39 is 5.82 Å². The molecule has 162 valence electrons. The number of halogens is 1. The molecular formula is C22H28FN3O4. The van der Waals surface area contributed by atoms with Crippen LogP contribution in [0.2, 0.25) is 0 Å². The van der Waals surface area contributed by atoms with Crippen molar-refractivity contribution >= 4 is 5.91 Å². The second kappa shape index (κ2) is 11.0. The maximum Gasteiger partial charge on any atom is 0.316 e. The molecular weight excluding hydrogens is 389 g/mol. The lowest BCUT2D eigenvalue weighted by Gasteiger charge is -2.31. The Morgan fingerprint density at radius 2 is 2.00 bits per heavy atom. The Labute approximate surface area is 175 Å². The van der Waals surface area contributed by atoms with E-state index in [1.54, 1.807) is 19.2 Å². The third-order valence-corrected chi connectivity index (χ3v) is 5.34. The third-order valence-electron chi connectivity index (χ3n) is 5.34. The fourth-order valence-corrected chi connectivity index (χ4v) is 3.52. The van der Waals surface area contributed by atoms with Crippen molar-refractivity contribution in [2.45, 2.75) is 32.3 Å². The summed E-state index contributed by atoms with van der Waals surface area (Å²) in [4.78, 5) is 22.4. The van der Waals surface area contributed by atoms with Crippen molar-refractivity contribution in [1.29, 1.82) is 0 Å². The fourth-order valence-electron chi connectivity index (χ4n) is 3.52. The molecule has 1 fully saturated rings. The first kappa shape index (κ1) is 22.1. The average Bonchev–Trinajstić information content (AvgIpc) is 2.79. The van der Waals surface area contributed by atoms with Gasteiger partial charge in [-0.15, -0.1) is 0 Å². The molecule has 1 amide bonds. The van der Waals surface area contributed by atoms with Crippen molar-refractivity contribution in [3.05, 3.63) is 42.0 Å². The molecule has 1 aliphatic heterocycles. The maximum absolute atomic E-state index is 14.3. The zero-order valence-electron chi connectivity index (χ0n) is 17.2. The van der Waals surface area contributed by atoms with E-state index in [2.05, 4.69) is 9.97 Å². The van der Waals surface area contributed by atoms with Crippen LogP contribution in [0, 0.1) is 11.7 Å². The highest BCUT2D eigenvalue weighted by Crippen LogP contribution is 2.25. The lowest BCUT2D eigenvalue weighted by atomic mass is 9.97. The summed E-state index contributed by atoms with van der Waals surface area (Å²) >= 11 is 0. The summed E-state index contributed by atoms with van der Waals surface area (Å²) < 4.78 is 25.0. The largest absolute Gasteiger partial charge is 0.463 e. The molecule has 0 atom stereocenters. The number of likely N-dealkylation sites (tertiary alicyclic amines) is 1. The van der Waals surface area contributed by atoms with E-state index in [4.69, 9.17) is 9.47 Å². The molecule has 1 aromatic heterocycles. The molecule has 0 radical (unpaired) electrons. The number of rotatable bonds is 9. The normalized spacial score (nSPS) is 14.7. The Hall–Kier alpha value is -2.58. The molecule has 0 spiro atoms. The number of amides is 1. The van der Waals surface area contributed by atoms with Crippen LogP contribution in [0.1, 0.15) is 31.2 Å². The predicted molar refractivity (Wildman–Crippen MR) is 109 cm³/mol. The number of nitrogens with zero attached hydrogens (tertiary/aromatic N) is 3. The van der Waals surface area contributed by atoms with Gasteiger partial charge in [-0.1, -0.05) is 18.2 Å². The topological polar surface area (TPSA) is 84.8 Å². The summed E-state index contributed by atoms with van der Waals surface area (Å²) in [6.45, 7) is 2.20.